The van der Waals surface area contributed by atoms with Crippen molar-refractivity contribution in [3.63, 3.8) is 0 Å². The molecule has 0 unspecified atom stereocenters. The quantitative estimate of drug-likeness (QED) is 0.645. The fraction of sp³-hybridized carbons (Fsp3) is 0.400. The summed E-state index contributed by atoms with van der Waals surface area (Å²) in [6.45, 7) is 11.7. The van der Waals surface area contributed by atoms with Crippen LogP contribution in [0, 0.1) is 17.3 Å². The topological polar surface area (TPSA) is 21.3 Å². The van der Waals surface area contributed by atoms with Gasteiger partial charge in [-0.3, -0.25) is 0 Å². The molecule has 0 spiro atoms. The molecule has 0 amide bonds. The number of hydrogen-bond acceptors (Lipinski definition) is 2. The molecule has 0 saturated heterocycles. The first-order valence-electron chi connectivity index (χ1n) is 7.97. The highest BCUT2D eigenvalue weighted by molar-refractivity contribution is 6.30. The molecule has 0 aliphatic heterocycles. The van der Waals surface area contributed by atoms with Crippen molar-refractivity contribution < 1.29 is 4.74 Å². The van der Waals surface area contributed by atoms with Crippen molar-refractivity contribution in [2.75, 3.05) is 19.0 Å². The molecule has 1 aromatic rings. The first kappa shape index (κ1) is 17.7. The molecule has 0 radical (unpaired) electrons. The van der Waals surface area contributed by atoms with Gasteiger partial charge in [0.15, 0.2) is 0 Å². The molecule has 124 valence electrons. The molecule has 1 saturated carbocycles. The van der Waals surface area contributed by atoms with Crippen LogP contribution in [-0.4, -0.2) is 13.7 Å². The molecule has 1 aliphatic carbocycles. The van der Waals surface area contributed by atoms with E-state index >= 15 is 0 Å². The van der Waals surface area contributed by atoms with Crippen molar-refractivity contribution >= 4 is 17.3 Å². The Kier molecular flexibility index (Phi) is 5.59. The van der Waals surface area contributed by atoms with Crippen molar-refractivity contribution in [1.29, 1.82) is 0 Å². The Labute approximate surface area is 144 Å². The van der Waals surface area contributed by atoms with Crippen LogP contribution in [0.3, 0.4) is 0 Å². The van der Waals surface area contributed by atoms with Crippen molar-refractivity contribution in [2.24, 2.45) is 17.3 Å². The van der Waals surface area contributed by atoms with Crippen LogP contribution in [0.5, 0.6) is 5.75 Å². The second-order valence-corrected chi connectivity index (χ2v) is 7.03. The summed E-state index contributed by atoms with van der Waals surface area (Å²) in [5.74, 6) is 1.87. The Morgan fingerprint density at radius 3 is 2.78 bits per heavy atom. The van der Waals surface area contributed by atoms with Gasteiger partial charge in [0.05, 0.1) is 12.8 Å². The third kappa shape index (κ3) is 4.00. The zero-order valence-corrected chi connectivity index (χ0v) is 15.2. The van der Waals surface area contributed by atoms with Gasteiger partial charge in [-0.1, -0.05) is 61.9 Å². The van der Waals surface area contributed by atoms with Crippen LogP contribution >= 0.6 is 11.6 Å². The number of methoxy groups -OCH3 is 1. The number of allylic oxidation sites excluding steroid dienone is 5. The first-order chi connectivity index (χ1) is 10.9. The fourth-order valence-corrected chi connectivity index (χ4v) is 3.47. The van der Waals surface area contributed by atoms with E-state index in [0.29, 0.717) is 16.9 Å². The zero-order chi connectivity index (χ0) is 17.0. The molecular weight excluding hydrogens is 306 g/mol. The number of ether oxygens (including phenoxy) is 1. The Morgan fingerprint density at radius 1 is 1.39 bits per heavy atom. The molecule has 1 aliphatic rings. The van der Waals surface area contributed by atoms with E-state index in [1.807, 2.05) is 37.3 Å². The van der Waals surface area contributed by atoms with Gasteiger partial charge in [0.25, 0.3) is 0 Å². The van der Waals surface area contributed by atoms with E-state index in [-0.39, 0.29) is 5.41 Å². The summed E-state index contributed by atoms with van der Waals surface area (Å²) < 4.78 is 5.39. The molecule has 3 heteroatoms. The maximum Gasteiger partial charge on any atom is 0.142 e. The maximum absolute atomic E-state index is 6.09. The Morgan fingerprint density at radius 2 is 2.13 bits per heavy atom. The summed E-state index contributed by atoms with van der Waals surface area (Å²) in [6, 6.07) is 5.63. The van der Waals surface area contributed by atoms with Gasteiger partial charge in [-0.2, -0.15) is 0 Å². The van der Waals surface area contributed by atoms with Gasteiger partial charge in [0.1, 0.15) is 5.75 Å². The van der Waals surface area contributed by atoms with E-state index in [1.165, 1.54) is 5.57 Å². The van der Waals surface area contributed by atoms with Gasteiger partial charge in [0, 0.05) is 11.6 Å². The van der Waals surface area contributed by atoms with Crippen LogP contribution < -0.4 is 10.1 Å². The van der Waals surface area contributed by atoms with E-state index in [2.05, 4.69) is 37.9 Å². The van der Waals surface area contributed by atoms with Gasteiger partial charge in [-0.05, 0) is 42.4 Å². The molecule has 2 nitrogen and oxygen atoms in total. The first-order valence-corrected chi connectivity index (χ1v) is 8.35. The lowest BCUT2D eigenvalue weighted by molar-refractivity contribution is 0.416. The van der Waals surface area contributed by atoms with Crippen molar-refractivity contribution in [1.82, 2.24) is 0 Å². The highest BCUT2D eigenvalue weighted by Gasteiger charge is 2.57. The maximum atomic E-state index is 6.09. The predicted molar refractivity (Wildman–Crippen MR) is 100 cm³/mol. The number of nitrogens with one attached hydrogen (secondary N) is 1. The second kappa shape index (κ2) is 7.27. The lowest BCUT2D eigenvalue weighted by Crippen LogP contribution is -2.08. The van der Waals surface area contributed by atoms with Gasteiger partial charge in [-0.15, -0.1) is 0 Å². The third-order valence-corrected chi connectivity index (χ3v) is 4.97. The summed E-state index contributed by atoms with van der Waals surface area (Å²) in [6.07, 6.45) is 8.23. The van der Waals surface area contributed by atoms with Crippen LogP contribution in [0.2, 0.25) is 5.02 Å². The number of benzene rings is 1. The molecule has 0 bridgehead atoms. The minimum atomic E-state index is 0.260. The summed E-state index contributed by atoms with van der Waals surface area (Å²) >= 11 is 6.09. The molecule has 0 heterocycles. The lowest BCUT2D eigenvalue weighted by Gasteiger charge is -2.12. The van der Waals surface area contributed by atoms with Crippen LogP contribution in [0.4, 0.5) is 5.69 Å². The SMILES string of the molecule is C=C(/C=C\C=C/C)[C@@H]1[C@@H](CNc2cc(Cl)ccc2OC)C1(C)C. The van der Waals surface area contributed by atoms with E-state index < -0.39 is 0 Å². The van der Waals surface area contributed by atoms with Gasteiger partial charge in [0.2, 0.25) is 0 Å². The van der Waals surface area contributed by atoms with E-state index in [1.54, 1.807) is 7.11 Å². The highest BCUT2D eigenvalue weighted by atomic mass is 35.5. The smallest absolute Gasteiger partial charge is 0.142 e. The van der Waals surface area contributed by atoms with Crippen molar-refractivity contribution in [2.45, 2.75) is 20.8 Å². The molecule has 1 aromatic carbocycles. The minimum Gasteiger partial charge on any atom is -0.495 e. The molecule has 2 rings (SSSR count). The molecular formula is C20H26ClNO. The zero-order valence-electron chi connectivity index (χ0n) is 14.4. The summed E-state index contributed by atoms with van der Waals surface area (Å²) in [5.41, 5.74) is 2.39. The minimum absolute atomic E-state index is 0.260. The molecule has 1 N–H and O–H groups in total. The van der Waals surface area contributed by atoms with Crippen molar-refractivity contribution in [3.8, 4) is 5.75 Å². The van der Waals surface area contributed by atoms with Crippen LogP contribution in [0.15, 0.2) is 54.7 Å². The Hall–Kier alpha value is -1.67. The second-order valence-electron chi connectivity index (χ2n) is 6.59. The van der Waals surface area contributed by atoms with Gasteiger partial charge in [-0.25, -0.2) is 0 Å². The van der Waals surface area contributed by atoms with E-state index in [9.17, 15) is 0 Å². The van der Waals surface area contributed by atoms with Gasteiger partial charge >= 0.3 is 0 Å². The number of anilines is 1. The fourth-order valence-electron chi connectivity index (χ4n) is 3.29. The number of rotatable bonds is 7. The average Bonchev–Trinajstić information content (AvgIpc) is 3.06. The summed E-state index contributed by atoms with van der Waals surface area (Å²) in [4.78, 5) is 0. The van der Waals surface area contributed by atoms with Gasteiger partial charge < -0.3 is 10.1 Å². The van der Waals surface area contributed by atoms with Crippen LogP contribution in [-0.2, 0) is 0 Å². The lowest BCUT2D eigenvalue weighted by atomic mass is 10.0. The monoisotopic (exact) mass is 331 g/mol. The van der Waals surface area contributed by atoms with Crippen LogP contribution in [0.1, 0.15) is 20.8 Å². The molecule has 1 fully saturated rings. The van der Waals surface area contributed by atoms with Crippen LogP contribution in [0.25, 0.3) is 0 Å². The Balaban J connectivity index is 2.01. The highest BCUT2D eigenvalue weighted by Crippen LogP contribution is 2.61. The standard InChI is InChI=1S/C20H26ClNO/c1-6-7-8-9-14(2)19-16(20(19,3)4)13-22-17-12-15(21)10-11-18(17)23-5/h6-12,16,19,22H,2,13H2,1,3-5H3/b7-6-,9-8-/t16-,19-/m1/s1. The Bertz CT molecular complexity index is 631. The third-order valence-electron chi connectivity index (χ3n) is 4.74. The average molecular weight is 332 g/mol. The molecule has 2 atom stereocenters. The predicted octanol–water partition coefficient (Wildman–Crippen LogP) is 5.72. The molecule has 23 heavy (non-hydrogen) atoms. The molecule has 0 aromatic heterocycles. The van der Waals surface area contributed by atoms with E-state index in [4.69, 9.17) is 16.3 Å². The summed E-state index contributed by atoms with van der Waals surface area (Å²) in [7, 11) is 1.67. The largest absolute Gasteiger partial charge is 0.495 e. The number of halogens is 1. The van der Waals surface area contributed by atoms with E-state index in [0.717, 1.165) is 18.0 Å². The summed E-state index contributed by atoms with van der Waals surface area (Å²) in [5, 5.41) is 4.19. The normalized spacial score (nSPS) is 22.5. The number of hydrogen-bond donors (Lipinski definition) is 1. The van der Waals surface area contributed by atoms with Crippen molar-refractivity contribution in [3.05, 3.63) is 59.7 Å².